The smallest absolute Gasteiger partial charge is 0.270 e. The van der Waals surface area contributed by atoms with E-state index in [9.17, 15) is 9.18 Å². The number of carbonyl (C=O) groups is 1. The van der Waals surface area contributed by atoms with Crippen LogP contribution in [0.2, 0.25) is 0 Å². The lowest BCUT2D eigenvalue weighted by Crippen LogP contribution is -2.33. The zero-order valence-electron chi connectivity index (χ0n) is 18.3. The van der Waals surface area contributed by atoms with Crippen molar-refractivity contribution in [2.24, 2.45) is 0 Å². The lowest BCUT2D eigenvalue weighted by Gasteiger charge is -2.14. The van der Waals surface area contributed by atoms with Crippen molar-refractivity contribution in [3.8, 4) is 17.3 Å². The van der Waals surface area contributed by atoms with E-state index in [4.69, 9.17) is 4.42 Å². The van der Waals surface area contributed by atoms with Crippen LogP contribution in [-0.4, -0.2) is 56.7 Å². The summed E-state index contributed by atoms with van der Waals surface area (Å²) in [5.74, 6) is 1.13. The Labute approximate surface area is 204 Å². The molecule has 3 aromatic heterocycles. The van der Waals surface area contributed by atoms with Gasteiger partial charge in [-0.1, -0.05) is 11.8 Å². The SMILES string of the molecule is O=C(NCCN1CCCC1)c1csc(CSc2nnc(-c3ccco3)n2-c2ccc(F)cc2)n1. The van der Waals surface area contributed by atoms with Crippen LogP contribution in [0, 0.1) is 5.82 Å². The maximum absolute atomic E-state index is 13.5. The van der Waals surface area contributed by atoms with Crippen LogP contribution in [0.3, 0.4) is 0 Å². The molecule has 0 radical (unpaired) electrons. The molecule has 0 spiro atoms. The van der Waals surface area contributed by atoms with Crippen molar-refractivity contribution >= 4 is 29.0 Å². The van der Waals surface area contributed by atoms with E-state index < -0.39 is 0 Å². The average molecular weight is 499 g/mol. The molecule has 1 N–H and O–H groups in total. The van der Waals surface area contributed by atoms with Crippen molar-refractivity contribution in [1.29, 1.82) is 0 Å². The molecule has 0 aliphatic carbocycles. The highest BCUT2D eigenvalue weighted by molar-refractivity contribution is 7.98. The highest BCUT2D eigenvalue weighted by atomic mass is 32.2. The molecular formula is C23H23FN6O2S2. The van der Waals surface area contributed by atoms with Crippen molar-refractivity contribution in [1.82, 2.24) is 30.0 Å². The lowest BCUT2D eigenvalue weighted by molar-refractivity contribution is 0.0945. The summed E-state index contributed by atoms with van der Waals surface area (Å²) in [4.78, 5) is 19.3. The summed E-state index contributed by atoms with van der Waals surface area (Å²) in [6.45, 7) is 3.71. The first-order chi connectivity index (χ1) is 16.7. The van der Waals surface area contributed by atoms with Crippen molar-refractivity contribution in [2.45, 2.75) is 23.8 Å². The molecule has 0 atom stereocenters. The molecule has 5 rings (SSSR count). The van der Waals surface area contributed by atoms with Gasteiger partial charge in [0.1, 0.15) is 16.5 Å². The van der Waals surface area contributed by atoms with Gasteiger partial charge in [0.2, 0.25) is 5.82 Å². The number of hydrogen-bond donors (Lipinski definition) is 1. The third-order valence-electron chi connectivity index (χ3n) is 5.48. The molecule has 4 heterocycles. The van der Waals surface area contributed by atoms with Crippen molar-refractivity contribution < 1.29 is 13.6 Å². The van der Waals surface area contributed by atoms with Gasteiger partial charge in [0.05, 0.1) is 17.7 Å². The zero-order chi connectivity index (χ0) is 23.3. The summed E-state index contributed by atoms with van der Waals surface area (Å²) in [6, 6.07) is 9.70. The topological polar surface area (TPSA) is 89.1 Å². The second-order valence-corrected chi connectivity index (χ2v) is 9.70. The third-order valence-corrected chi connectivity index (χ3v) is 7.45. The van der Waals surface area contributed by atoms with E-state index in [1.807, 2.05) is 4.57 Å². The fourth-order valence-electron chi connectivity index (χ4n) is 3.78. The molecule has 1 amide bonds. The van der Waals surface area contributed by atoms with E-state index in [1.165, 1.54) is 48.1 Å². The molecule has 1 fully saturated rings. The molecule has 0 unspecified atom stereocenters. The number of thiazole rings is 1. The highest BCUT2D eigenvalue weighted by Gasteiger charge is 2.19. The normalized spacial score (nSPS) is 14.0. The maximum atomic E-state index is 13.5. The minimum absolute atomic E-state index is 0.152. The Morgan fingerprint density at radius 2 is 2.00 bits per heavy atom. The summed E-state index contributed by atoms with van der Waals surface area (Å²) in [5.41, 5.74) is 1.15. The van der Waals surface area contributed by atoms with Gasteiger partial charge in [0.15, 0.2) is 10.9 Å². The van der Waals surface area contributed by atoms with E-state index in [-0.39, 0.29) is 11.7 Å². The molecule has 1 aromatic carbocycles. The summed E-state index contributed by atoms with van der Waals surface area (Å²) in [7, 11) is 0. The Bertz CT molecular complexity index is 1230. The number of thioether (sulfide) groups is 1. The van der Waals surface area contributed by atoms with Crippen LogP contribution in [0.4, 0.5) is 4.39 Å². The summed E-state index contributed by atoms with van der Waals surface area (Å²) >= 11 is 2.88. The van der Waals surface area contributed by atoms with Crippen LogP contribution >= 0.6 is 23.1 Å². The Kier molecular flexibility index (Phi) is 7.02. The number of likely N-dealkylation sites (tertiary alicyclic amines) is 1. The molecule has 0 saturated carbocycles. The summed E-state index contributed by atoms with van der Waals surface area (Å²) in [6.07, 6.45) is 4.04. The van der Waals surface area contributed by atoms with Crippen LogP contribution < -0.4 is 5.32 Å². The van der Waals surface area contributed by atoms with Gasteiger partial charge < -0.3 is 14.6 Å². The minimum Gasteiger partial charge on any atom is -0.461 e. The number of hydrogen-bond acceptors (Lipinski definition) is 8. The number of halogens is 1. The molecular weight excluding hydrogens is 475 g/mol. The van der Waals surface area contributed by atoms with Crippen LogP contribution in [0.5, 0.6) is 0 Å². The number of nitrogens with zero attached hydrogens (tertiary/aromatic N) is 5. The first kappa shape index (κ1) is 22.8. The van der Waals surface area contributed by atoms with E-state index in [1.54, 1.807) is 35.9 Å². The van der Waals surface area contributed by atoms with E-state index in [0.717, 1.165) is 30.3 Å². The number of rotatable bonds is 9. The monoisotopic (exact) mass is 498 g/mol. The van der Waals surface area contributed by atoms with Gasteiger partial charge in [-0.3, -0.25) is 9.36 Å². The quantitative estimate of drug-likeness (QED) is 0.345. The Morgan fingerprint density at radius 3 is 2.76 bits per heavy atom. The largest absolute Gasteiger partial charge is 0.461 e. The molecule has 34 heavy (non-hydrogen) atoms. The molecule has 1 aliphatic rings. The van der Waals surface area contributed by atoms with E-state index >= 15 is 0 Å². The molecule has 0 bridgehead atoms. The van der Waals surface area contributed by atoms with E-state index in [0.29, 0.717) is 34.7 Å². The number of furan rings is 1. The third kappa shape index (κ3) is 5.21. The Balaban J connectivity index is 1.26. The molecule has 176 valence electrons. The number of carbonyl (C=O) groups excluding carboxylic acids is 1. The van der Waals surface area contributed by atoms with Crippen LogP contribution in [0.15, 0.2) is 57.6 Å². The number of amides is 1. The van der Waals surface area contributed by atoms with Crippen LogP contribution in [0.25, 0.3) is 17.3 Å². The first-order valence-electron chi connectivity index (χ1n) is 11.0. The second-order valence-electron chi connectivity index (χ2n) is 7.82. The zero-order valence-corrected chi connectivity index (χ0v) is 19.9. The highest BCUT2D eigenvalue weighted by Crippen LogP contribution is 2.30. The summed E-state index contributed by atoms with van der Waals surface area (Å²) in [5, 5.41) is 14.8. The Morgan fingerprint density at radius 1 is 1.18 bits per heavy atom. The number of aromatic nitrogens is 4. The predicted molar refractivity (Wildman–Crippen MR) is 129 cm³/mol. The maximum Gasteiger partial charge on any atom is 0.270 e. The number of nitrogens with one attached hydrogen (secondary N) is 1. The van der Waals surface area contributed by atoms with Gasteiger partial charge in [-0.05, 0) is 62.3 Å². The fourth-order valence-corrected chi connectivity index (χ4v) is 5.53. The number of benzene rings is 1. The van der Waals surface area contributed by atoms with Gasteiger partial charge in [0, 0.05) is 18.5 Å². The van der Waals surface area contributed by atoms with Gasteiger partial charge in [-0.15, -0.1) is 21.5 Å². The van der Waals surface area contributed by atoms with Gasteiger partial charge in [-0.25, -0.2) is 9.37 Å². The van der Waals surface area contributed by atoms with Crippen LogP contribution in [-0.2, 0) is 5.75 Å². The van der Waals surface area contributed by atoms with Crippen molar-refractivity contribution in [3.05, 3.63) is 64.6 Å². The van der Waals surface area contributed by atoms with Gasteiger partial charge in [0.25, 0.3) is 5.91 Å². The van der Waals surface area contributed by atoms with Gasteiger partial charge >= 0.3 is 0 Å². The van der Waals surface area contributed by atoms with Gasteiger partial charge in [-0.2, -0.15) is 0 Å². The average Bonchev–Trinajstić information content (AvgIpc) is 3.65. The van der Waals surface area contributed by atoms with E-state index in [2.05, 4.69) is 25.4 Å². The molecule has 11 heteroatoms. The van der Waals surface area contributed by atoms with Crippen molar-refractivity contribution in [2.75, 3.05) is 26.2 Å². The fraction of sp³-hybridized carbons (Fsp3) is 0.304. The molecule has 8 nitrogen and oxygen atoms in total. The molecule has 1 saturated heterocycles. The predicted octanol–water partition coefficient (Wildman–Crippen LogP) is 4.24. The molecule has 4 aromatic rings. The first-order valence-corrected chi connectivity index (χ1v) is 12.9. The van der Waals surface area contributed by atoms with Crippen molar-refractivity contribution in [3.63, 3.8) is 0 Å². The Hall–Kier alpha value is -3.02. The summed E-state index contributed by atoms with van der Waals surface area (Å²) < 4.78 is 20.8. The standard InChI is InChI=1S/C23H23FN6O2S2/c24-16-5-7-17(8-6-16)30-21(19-4-3-13-32-19)27-28-23(30)34-15-20-26-18(14-33-20)22(31)25-9-12-29-10-1-2-11-29/h3-8,13-14H,1-2,9-12,15H2,(H,25,31). The van der Waals surface area contributed by atoms with Crippen LogP contribution in [0.1, 0.15) is 28.3 Å². The molecule has 1 aliphatic heterocycles. The second kappa shape index (κ2) is 10.5. The lowest BCUT2D eigenvalue weighted by atomic mass is 10.3. The minimum atomic E-state index is -0.320.